The van der Waals surface area contributed by atoms with Crippen LogP contribution in [0.2, 0.25) is 0 Å². The molecule has 1 aliphatic rings. The second kappa shape index (κ2) is 2.90. The van der Waals surface area contributed by atoms with Crippen LogP contribution in [0, 0.1) is 5.82 Å². The molecule has 4 heteroatoms. The van der Waals surface area contributed by atoms with E-state index in [0.29, 0.717) is 17.8 Å². The van der Waals surface area contributed by atoms with Gasteiger partial charge in [0, 0.05) is 6.54 Å². The molecule has 1 aliphatic heterocycles. The predicted molar refractivity (Wildman–Crippen MR) is 48.8 cm³/mol. The van der Waals surface area contributed by atoms with E-state index in [4.69, 9.17) is 0 Å². The van der Waals surface area contributed by atoms with Crippen molar-refractivity contribution in [3.63, 3.8) is 0 Å². The summed E-state index contributed by atoms with van der Waals surface area (Å²) in [7, 11) is 0. The van der Waals surface area contributed by atoms with E-state index in [0.717, 1.165) is 0 Å². The lowest BCUT2D eigenvalue weighted by Gasteiger charge is -2.12. The molecular formula is C10H8FNO2. The molecule has 1 amide bonds. The molecule has 1 aromatic carbocycles. The van der Waals surface area contributed by atoms with Crippen molar-refractivity contribution in [2.45, 2.75) is 6.92 Å². The molecule has 0 fully saturated rings. The van der Waals surface area contributed by atoms with E-state index in [1.165, 1.54) is 23.1 Å². The van der Waals surface area contributed by atoms with Crippen molar-refractivity contribution in [1.82, 2.24) is 0 Å². The van der Waals surface area contributed by atoms with Gasteiger partial charge in [0.2, 0.25) is 0 Å². The molecule has 3 nitrogen and oxygen atoms in total. The van der Waals surface area contributed by atoms with E-state index in [1.54, 1.807) is 6.92 Å². The Balaban J connectivity index is 2.62. The van der Waals surface area contributed by atoms with Crippen LogP contribution in [-0.2, 0) is 4.79 Å². The highest BCUT2D eigenvalue weighted by molar-refractivity contribution is 6.52. The van der Waals surface area contributed by atoms with Gasteiger partial charge < -0.3 is 4.90 Å². The molecule has 0 bridgehead atoms. The summed E-state index contributed by atoms with van der Waals surface area (Å²) in [5.74, 6) is -1.57. The first-order valence-corrected chi connectivity index (χ1v) is 4.31. The van der Waals surface area contributed by atoms with Gasteiger partial charge in [0.15, 0.2) is 0 Å². The van der Waals surface area contributed by atoms with Crippen LogP contribution in [0.1, 0.15) is 17.3 Å². The molecule has 1 aromatic rings. The zero-order valence-corrected chi connectivity index (χ0v) is 7.58. The number of halogens is 1. The Kier molecular flexibility index (Phi) is 1.84. The number of fused-ring (bicyclic) bond motifs is 1. The van der Waals surface area contributed by atoms with Crippen LogP contribution < -0.4 is 4.90 Å². The summed E-state index contributed by atoms with van der Waals surface area (Å²) >= 11 is 0. The first-order chi connectivity index (χ1) is 6.65. The van der Waals surface area contributed by atoms with Gasteiger partial charge in [-0.25, -0.2) is 4.39 Å². The third kappa shape index (κ3) is 1.04. The highest BCUT2D eigenvalue weighted by Crippen LogP contribution is 2.28. The lowest BCUT2D eigenvalue weighted by atomic mass is 10.1. The number of amides is 1. The molecule has 0 unspecified atom stereocenters. The number of nitrogens with zero attached hydrogens (tertiary/aromatic N) is 1. The fourth-order valence-corrected chi connectivity index (χ4v) is 1.58. The highest BCUT2D eigenvalue weighted by Gasteiger charge is 2.34. The van der Waals surface area contributed by atoms with E-state index in [2.05, 4.69) is 0 Å². The van der Waals surface area contributed by atoms with Crippen LogP contribution >= 0.6 is 0 Å². The topological polar surface area (TPSA) is 37.4 Å². The summed E-state index contributed by atoms with van der Waals surface area (Å²) in [5.41, 5.74) is 0.667. The number of hydrogen-bond acceptors (Lipinski definition) is 2. The normalized spacial score (nSPS) is 14.9. The second-order valence-electron chi connectivity index (χ2n) is 3.04. The molecule has 72 valence electrons. The van der Waals surface area contributed by atoms with Gasteiger partial charge in [0.25, 0.3) is 11.7 Å². The van der Waals surface area contributed by atoms with Crippen molar-refractivity contribution < 1.29 is 14.0 Å². The number of benzene rings is 1. The van der Waals surface area contributed by atoms with Crippen molar-refractivity contribution in [2.24, 2.45) is 0 Å². The van der Waals surface area contributed by atoms with Gasteiger partial charge in [-0.3, -0.25) is 9.59 Å². The molecule has 14 heavy (non-hydrogen) atoms. The number of rotatable bonds is 1. The van der Waals surface area contributed by atoms with Crippen molar-refractivity contribution in [1.29, 1.82) is 0 Å². The third-order valence-electron chi connectivity index (χ3n) is 2.25. The molecule has 0 radical (unpaired) electrons. The number of ketones is 1. The van der Waals surface area contributed by atoms with E-state index < -0.39 is 17.5 Å². The molecule has 0 saturated carbocycles. The van der Waals surface area contributed by atoms with Crippen LogP contribution in [-0.4, -0.2) is 18.2 Å². The minimum Gasteiger partial charge on any atom is -0.305 e. The number of carbonyl (C=O) groups excluding carboxylic acids is 2. The maximum absolute atomic E-state index is 12.9. The van der Waals surface area contributed by atoms with Gasteiger partial charge in [-0.05, 0) is 25.1 Å². The smallest absolute Gasteiger partial charge is 0.299 e. The average Bonchev–Trinajstić information content (AvgIpc) is 2.39. The Bertz CT molecular complexity index is 428. The average molecular weight is 193 g/mol. The standard InChI is InChI=1S/C10H8FNO2/c1-2-12-8-5-6(11)3-4-7(8)9(13)10(12)14/h3-5H,2H2,1H3. The van der Waals surface area contributed by atoms with Gasteiger partial charge in [0.1, 0.15) is 5.82 Å². The molecule has 0 atom stereocenters. The van der Waals surface area contributed by atoms with Crippen LogP contribution in [0.4, 0.5) is 10.1 Å². The van der Waals surface area contributed by atoms with Crippen molar-refractivity contribution >= 4 is 17.4 Å². The Morgan fingerprint density at radius 3 is 2.71 bits per heavy atom. The van der Waals surface area contributed by atoms with Crippen LogP contribution in [0.3, 0.4) is 0 Å². The Labute approximate surface area is 80.1 Å². The fourth-order valence-electron chi connectivity index (χ4n) is 1.58. The van der Waals surface area contributed by atoms with Crippen molar-refractivity contribution in [3.8, 4) is 0 Å². The quantitative estimate of drug-likeness (QED) is 0.632. The predicted octanol–water partition coefficient (Wildman–Crippen LogP) is 1.37. The second-order valence-corrected chi connectivity index (χ2v) is 3.04. The number of hydrogen-bond donors (Lipinski definition) is 0. The lowest BCUT2D eigenvalue weighted by molar-refractivity contribution is -0.114. The maximum atomic E-state index is 12.9. The van der Waals surface area contributed by atoms with Gasteiger partial charge in [-0.2, -0.15) is 0 Å². The van der Waals surface area contributed by atoms with Gasteiger partial charge in [-0.1, -0.05) is 0 Å². The first-order valence-electron chi connectivity index (χ1n) is 4.31. The molecule has 1 heterocycles. The van der Waals surface area contributed by atoms with E-state index in [1.807, 2.05) is 0 Å². The molecule has 2 rings (SSSR count). The van der Waals surface area contributed by atoms with Crippen molar-refractivity contribution in [2.75, 3.05) is 11.4 Å². The summed E-state index contributed by atoms with van der Waals surface area (Å²) in [6, 6.07) is 3.74. The zero-order chi connectivity index (χ0) is 10.3. The highest BCUT2D eigenvalue weighted by atomic mass is 19.1. The van der Waals surface area contributed by atoms with Gasteiger partial charge in [-0.15, -0.1) is 0 Å². The number of likely N-dealkylation sites (N-methyl/N-ethyl adjacent to an activating group) is 1. The molecular weight excluding hydrogens is 185 g/mol. The van der Waals surface area contributed by atoms with Gasteiger partial charge in [0.05, 0.1) is 11.3 Å². The SMILES string of the molecule is CCN1C(=O)C(=O)c2ccc(F)cc21. The number of Topliss-reactive ketones (excluding diaryl/α,β-unsaturated/α-hetero) is 1. The number of carbonyl (C=O) groups is 2. The Hall–Kier alpha value is -1.71. The third-order valence-corrected chi connectivity index (χ3v) is 2.25. The van der Waals surface area contributed by atoms with E-state index in [-0.39, 0.29) is 0 Å². The summed E-state index contributed by atoms with van der Waals surface area (Å²) in [6.07, 6.45) is 0. The van der Waals surface area contributed by atoms with E-state index >= 15 is 0 Å². The lowest BCUT2D eigenvalue weighted by Crippen LogP contribution is -2.29. The molecule has 0 N–H and O–H groups in total. The van der Waals surface area contributed by atoms with Gasteiger partial charge >= 0.3 is 0 Å². The largest absolute Gasteiger partial charge is 0.305 e. The Morgan fingerprint density at radius 2 is 2.07 bits per heavy atom. The monoisotopic (exact) mass is 193 g/mol. The van der Waals surface area contributed by atoms with Crippen molar-refractivity contribution in [3.05, 3.63) is 29.6 Å². The summed E-state index contributed by atoms with van der Waals surface area (Å²) in [6.45, 7) is 2.12. The van der Waals surface area contributed by atoms with Crippen LogP contribution in [0.15, 0.2) is 18.2 Å². The molecule has 0 saturated heterocycles. The first kappa shape index (κ1) is 8.87. The minimum atomic E-state index is -0.576. The molecule has 0 spiro atoms. The number of anilines is 1. The zero-order valence-electron chi connectivity index (χ0n) is 7.58. The maximum Gasteiger partial charge on any atom is 0.299 e. The summed E-state index contributed by atoms with van der Waals surface area (Å²) in [5, 5.41) is 0. The fraction of sp³-hybridized carbons (Fsp3) is 0.200. The molecule has 0 aliphatic carbocycles. The van der Waals surface area contributed by atoms with Crippen LogP contribution in [0.5, 0.6) is 0 Å². The summed E-state index contributed by atoms with van der Waals surface area (Å²) < 4.78 is 12.9. The van der Waals surface area contributed by atoms with E-state index in [9.17, 15) is 14.0 Å². The van der Waals surface area contributed by atoms with Crippen LogP contribution in [0.25, 0.3) is 0 Å². The Morgan fingerprint density at radius 1 is 1.36 bits per heavy atom. The minimum absolute atomic E-state index is 0.290. The summed E-state index contributed by atoms with van der Waals surface area (Å²) in [4.78, 5) is 24.0. The molecule has 0 aromatic heterocycles.